The van der Waals surface area contributed by atoms with Crippen molar-refractivity contribution in [3.05, 3.63) is 27.7 Å². The molecular formula is C9H6Cl2F2O2. The molecular weight excluding hydrogens is 249 g/mol. The summed E-state index contributed by atoms with van der Waals surface area (Å²) in [5, 5.41) is 0.167. The standard InChI is InChI=1S/C9H6Cl2F2O2/c1-4(14)5-2-6(10)7(11)3-8(5)15-9(12)13/h2-3,9H,1H3. The summed E-state index contributed by atoms with van der Waals surface area (Å²) in [6, 6.07) is 2.29. The van der Waals surface area contributed by atoms with E-state index in [1.165, 1.54) is 13.0 Å². The third kappa shape index (κ3) is 3.04. The zero-order valence-electron chi connectivity index (χ0n) is 7.56. The van der Waals surface area contributed by atoms with Crippen LogP contribution < -0.4 is 4.74 Å². The van der Waals surface area contributed by atoms with E-state index in [1.807, 2.05) is 0 Å². The number of benzene rings is 1. The smallest absolute Gasteiger partial charge is 0.387 e. The Balaban J connectivity index is 3.22. The monoisotopic (exact) mass is 254 g/mol. The van der Waals surface area contributed by atoms with Crippen molar-refractivity contribution in [1.29, 1.82) is 0 Å². The lowest BCUT2D eigenvalue weighted by atomic mass is 10.1. The fourth-order valence-corrected chi connectivity index (χ4v) is 1.31. The molecule has 0 heterocycles. The summed E-state index contributed by atoms with van der Waals surface area (Å²) in [7, 11) is 0. The van der Waals surface area contributed by atoms with Gasteiger partial charge in [-0.3, -0.25) is 4.79 Å². The molecule has 0 aromatic heterocycles. The van der Waals surface area contributed by atoms with Crippen molar-refractivity contribution in [2.24, 2.45) is 0 Å². The highest BCUT2D eigenvalue weighted by molar-refractivity contribution is 6.42. The van der Waals surface area contributed by atoms with Gasteiger partial charge in [-0.15, -0.1) is 0 Å². The quantitative estimate of drug-likeness (QED) is 0.768. The van der Waals surface area contributed by atoms with E-state index >= 15 is 0 Å². The van der Waals surface area contributed by atoms with Crippen molar-refractivity contribution in [2.45, 2.75) is 13.5 Å². The lowest BCUT2D eigenvalue weighted by molar-refractivity contribution is -0.0501. The summed E-state index contributed by atoms with van der Waals surface area (Å²) in [6.07, 6.45) is 0. The van der Waals surface area contributed by atoms with Gasteiger partial charge in [-0.25, -0.2) is 0 Å². The minimum Gasteiger partial charge on any atom is -0.434 e. The second-order valence-corrected chi connectivity index (χ2v) is 3.51. The molecule has 0 fully saturated rings. The molecule has 0 atom stereocenters. The van der Waals surface area contributed by atoms with E-state index in [-0.39, 0.29) is 21.4 Å². The van der Waals surface area contributed by atoms with E-state index in [0.29, 0.717) is 0 Å². The molecule has 82 valence electrons. The highest BCUT2D eigenvalue weighted by atomic mass is 35.5. The number of halogens is 4. The molecule has 0 saturated carbocycles. The first-order valence-corrected chi connectivity index (χ1v) is 4.62. The Labute approximate surface area is 94.7 Å². The third-order valence-corrected chi connectivity index (χ3v) is 2.34. The van der Waals surface area contributed by atoms with Crippen LogP contribution in [0, 0.1) is 0 Å². The van der Waals surface area contributed by atoms with Gasteiger partial charge in [0.15, 0.2) is 5.78 Å². The van der Waals surface area contributed by atoms with Crippen LogP contribution in [0.4, 0.5) is 8.78 Å². The van der Waals surface area contributed by atoms with Crippen molar-refractivity contribution in [3.63, 3.8) is 0 Å². The maximum Gasteiger partial charge on any atom is 0.387 e. The van der Waals surface area contributed by atoms with Gasteiger partial charge in [0.05, 0.1) is 15.6 Å². The summed E-state index contributed by atoms with van der Waals surface area (Å²) < 4.78 is 28.1. The molecule has 1 aromatic rings. The number of ketones is 1. The van der Waals surface area contributed by atoms with Crippen LogP contribution in [0.3, 0.4) is 0 Å². The van der Waals surface area contributed by atoms with E-state index in [4.69, 9.17) is 23.2 Å². The maximum atomic E-state index is 12.0. The minimum absolute atomic E-state index is 0.0234. The first kappa shape index (κ1) is 12.2. The summed E-state index contributed by atoms with van der Waals surface area (Å²) >= 11 is 11.2. The number of rotatable bonds is 3. The Morgan fingerprint density at radius 3 is 2.33 bits per heavy atom. The van der Waals surface area contributed by atoms with Crippen molar-refractivity contribution in [3.8, 4) is 5.75 Å². The molecule has 0 radical (unpaired) electrons. The molecule has 0 saturated heterocycles. The molecule has 0 amide bonds. The normalized spacial score (nSPS) is 10.5. The minimum atomic E-state index is -3.01. The highest BCUT2D eigenvalue weighted by Gasteiger charge is 2.15. The van der Waals surface area contributed by atoms with Crippen LogP contribution in [-0.2, 0) is 0 Å². The molecule has 0 aliphatic carbocycles. The van der Waals surface area contributed by atoms with Crippen molar-refractivity contribution >= 4 is 29.0 Å². The second kappa shape index (κ2) is 4.77. The van der Waals surface area contributed by atoms with E-state index in [1.54, 1.807) is 0 Å². The van der Waals surface area contributed by atoms with Gasteiger partial charge < -0.3 is 4.74 Å². The third-order valence-electron chi connectivity index (χ3n) is 1.62. The van der Waals surface area contributed by atoms with Gasteiger partial charge in [-0.1, -0.05) is 23.2 Å². The second-order valence-electron chi connectivity index (χ2n) is 2.70. The van der Waals surface area contributed by atoms with Gasteiger partial charge in [0, 0.05) is 6.07 Å². The molecule has 0 N–H and O–H groups in total. The first-order valence-electron chi connectivity index (χ1n) is 3.86. The van der Waals surface area contributed by atoms with Crippen LogP contribution in [0.1, 0.15) is 17.3 Å². The van der Waals surface area contributed by atoms with Crippen molar-refractivity contribution < 1.29 is 18.3 Å². The molecule has 0 aliphatic rings. The van der Waals surface area contributed by atoms with Crippen molar-refractivity contribution in [2.75, 3.05) is 0 Å². The van der Waals surface area contributed by atoms with Gasteiger partial charge in [-0.2, -0.15) is 8.78 Å². The Bertz CT molecular complexity index is 394. The fraction of sp³-hybridized carbons (Fsp3) is 0.222. The van der Waals surface area contributed by atoms with Gasteiger partial charge >= 0.3 is 6.61 Å². The number of alkyl halides is 2. The molecule has 1 rings (SSSR count). The Morgan fingerprint density at radius 2 is 1.87 bits per heavy atom. The van der Waals surface area contributed by atoms with Crippen LogP contribution in [0.5, 0.6) is 5.75 Å². The molecule has 0 bridgehead atoms. The van der Waals surface area contributed by atoms with Crippen LogP contribution in [0.2, 0.25) is 10.0 Å². The zero-order chi connectivity index (χ0) is 11.6. The molecule has 2 nitrogen and oxygen atoms in total. The SMILES string of the molecule is CC(=O)c1cc(Cl)c(Cl)cc1OC(F)F. The van der Waals surface area contributed by atoms with E-state index in [2.05, 4.69) is 4.74 Å². The fourth-order valence-electron chi connectivity index (χ4n) is 0.997. The number of Topliss-reactive ketones (excluding diaryl/α,β-unsaturated/α-hetero) is 1. The largest absolute Gasteiger partial charge is 0.434 e. The predicted octanol–water partition coefficient (Wildman–Crippen LogP) is 3.80. The molecule has 0 aliphatic heterocycles. The van der Waals surface area contributed by atoms with Crippen LogP contribution in [-0.4, -0.2) is 12.4 Å². The number of carbonyl (C=O) groups excluding carboxylic acids is 1. The van der Waals surface area contributed by atoms with Crippen LogP contribution in [0.15, 0.2) is 12.1 Å². The first-order chi connectivity index (χ1) is 6.91. The maximum absolute atomic E-state index is 12.0. The Kier molecular flexibility index (Phi) is 3.88. The molecule has 0 unspecified atom stereocenters. The van der Waals surface area contributed by atoms with Gasteiger partial charge in [0.2, 0.25) is 0 Å². The van der Waals surface area contributed by atoms with E-state index in [9.17, 15) is 13.6 Å². The lowest BCUT2D eigenvalue weighted by Crippen LogP contribution is -2.06. The predicted molar refractivity (Wildman–Crippen MR) is 53.1 cm³/mol. The molecule has 15 heavy (non-hydrogen) atoms. The van der Waals surface area contributed by atoms with Crippen molar-refractivity contribution in [1.82, 2.24) is 0 Å². The van der Waals surface area contributed by atoms with E-state index in [0.717, 1.165) is 6.07 Å². The van der Waals surface area contributed by atoms with Gasteiger partial charge in [0.1, 0.15) is 5.75 Å². The molecule has 1 aromatic carbocycles. The van der Waals surface area contributed by atoms with E-state index < -0.39 is 12.4 Å². The number of hydrogen-bond acceptors (Lipinski definition) is 2. The highest BCUT2D eigenvalue weighted by Crippen LogP contribution is 2.31. The molecule has 0 spiro atoms. The Morgan fingerprint density at radius 1 is 1.33 bits per heavy atom. The zero-order valence-corrected chi connectivity index (χ0v) is 9.07. The van der Waals surface area contributed by atoms with Crippen LogP contribution in [0.25, 0.3) is 0 Å². The summed E-state index contributed by atoms with van der Waals surface area (Å²) in [5.74, 6) is -0.698. The lowest BCUT2D eigenvalue weighted by Gasteiger charge is -2.09. The summed E-state index contributed by atoms with van der Waals surface area (Å²) in [5.41, 5.74) is -0.0234. The summed E-state index contributed by atoms with van der Waals surface area (Å²) in [6.45, 7) is -1.79. The average molecular weight is 255 g/mol. The number of ether oxygens (including phenoxy) is 1. The topological polar surface area (TPSA) is 26.3 Å². The summed E-state index contributed by atoms with van der Waals surface area (Å²) in [4.78, 5) is 11.1. The van der Waals surface area contributed by atoms with Gasteiger partial charge in [0.25, 0.3) is 0 Å². The number of hydrogen-bond donors (Lipinski definition) is 0. The number of carbonyl (C=O) groups is 1. The van der Waals surface area contributed by atoms with Crippen LogP contribution >= 0.6 is 23.2 Å². The van der Waals surface area contributed by atoms with Gasteiger partial charge in [-0.05, 0) is 13.0 Å². The average Bonchev–Trinajstić information content (AvgIpc) is 2.09. The molecule has 6 heteroatoms. The Hall–Kier alpha value is -0.870.